The predicted molar refractivity (Wildman–Crippen MR) is 110 cm³/mol. The smallest absolute Gasteiger partial charge is 0.303 e. The van der Waals surface area contributed by atoms with E-state index < -0.39 is 5.97 Å². The quantitative estimate of drug-likeness (QED) is 0.566. The van der Waals surface area contributed by atoms with Crippen LogP contribution in [0.15, 0.2) is 60.8 Å². The molecule has 1 aromatic heterocycles. The number of hydrogen-bond acceptors (Lipinski definition) is 4. The Morgan fingerprint density at radius 2 is 1.89 bits per heavy atom. The molecule has 0 spiro atoms. The van der Waals surface area contributed by atoms with E-state index in [2.05, 4.69) is 53.6 Å². The first-order valence-corrected chi connectivity index (χ1v) is 9.92. The largest absolute Gasteiger partial charge is 0.481 e. The van der Waals surface area contributed by atoms with E-state index in [1.807, 2.05) is 24.4 Å². The molecule has 27 heavy (non-hydrogen) atoms. The Morgan fingerprint density at radius 3 is 2.59 bits per heavy atom. The molecule has 0 radical (unpaired) electrons. The topological polar surface area (TPSA) is 62.2 Å². The molecule has 0 aliphatic carbocycles. The monoisotopic (exact) mass is 380 g/mol. The number of rotatable bonds is 9. The van der Waals surface area contributed by atoms with Gasteiger partial charge in [0.1, 0.15) is 5.01 Å². The fourth-order valence-electron chi connectivity index (χ4n) is 2.94. The summed E-state index contributed by atoms with van der Waals surface area (Å²) >= 11 is 1.67. The molecule has 1 atom stereocenters. The third kappa shape index (κ3) is 6.01. The molecule has 0 aliphatic rings. The van der Waals surface area contributed by atoms with Gasteiger partial charge in [0.05, 0.1) is 0 Å². The first-order chi connectivity index (χ1) is 13.1. The molecule has 0 aliphatic heterocycles. The summed E-state index contributed by atoms with van der Waals surface area (Å²) in [4.78, 5) is 16.7. The molecule has 0 saturated carbocycles. The molecule has 1 heterocycles. The Hall–Kier alpha value is -2.50. The molecule has 2 aromatic carbocycles. The summed E-state index contributed by atoms with van der Waals surface area (Å²) in [7, 11) is 0. The number of thiazole rings is 1. The van der Waals surface area contributed by atoms with Gasteiger partial charge >= 0.3 is 5.97 Å². The molecule has 3 aromatic rings. The molecule has 3 rings (SSSR count). The molecule has 5 heteroatoms. The second kappa shape index (κ2) is 9.44. The van der Waals surface area contributed by atoms with Gasteiger partial charge in [-0.15, -0.1) is 11.3 Å². The summed E-state index contributed by atoms with van der Waals surface area (Å²) < 4.78 is 0. The molecular formula is C22H24N2O2S. The van der Waals surface area contributed by atoms with E-state index >= 15 is 0 Å². The van der Waals surface area contributed by atoms with Crippen molar-refractivity contribution >= 4 is 17.3 Å². The first kappa shape index (κ1) is 19.3. The minimum absolute atomic E-state index is 0.119. The van der Waals surface area contributed by atoms with E-state index in [9.17, 15) is 4.79 Å². The molecule has 0 bridgehead atoms. The van der Waals surface area contributed by atoms with Gasteiger partial charge in [-0.05, 0) is 25.3 Å². The van der Waals surface area contributed by atoms with Gasteiger partial charge in [-0.2, -0.15) is 0 Å². The number of benzene rings is 2. The van der Waals surface area contributed by atoms with E-state index in [1.54, 1.807) is 11.3 Å². The summed E-state index contributed by atoms with van der Waals surface area (Å²) in [5, 5.41) is 13.6. The minimum Gasteiger partial charge on any atom is -0.481 e. The van der Waals surface area contributed by atoms with E-state index in [-0.39, 0.29) is 12.5 Å². The van der Waals surface area contributed by atoms with Crippen LogP contribution in [0.4, 0.5) is 0 Å². The van der Waals surface area contributed by atoms with Crippen molar-refractivity contribution in [1.82, 2.24) is 10.3 Å². The second-order valence-electron chi connectivity index (χ2n) is 6.70. The first-order valence-electron chi connectivity index (χ1n) is 9.11. The number of aromatic nitrogens is 1. The van der Waals surface area contributed by atoms with Crippen LogP contribution in [0.25, 0.3) is 10.6 Å². The number of hydrogen-bond donors (Lipinski definition) is 2. The van der Waals surface area contributed by atoms with Gasteiger partial charge in [0.2, 0.25) is 0 Å². The van der Waals surface area contributed by atoms with Crippen LogP contribution in [-0.2, 0) is 17.8 Å². The maximum Gasteiger partial charge on any atom is 0.303 e. The number of carbonyl (C=O) groups is 1. The normalized spacial score (nSPS) is 12.0. The molecule has 0 fully saturated rings. The molecule has 1 unspecified atom stereocenters. The van der Waals surface area contributed by atoms with Gasteiger partial charge in [0, 0.05) is 35.6 Å². The van der Waals surface area contributed by atoms with Crippen molar-refractivity contribution in [2.75, 3.05) is 0 Å². The Labute approximate surface area is 163 Å². The van der Waals surface area contributed by atoms with E-state index in [4.69, 9.17) is 5.11 Å². The second-order valence-corrected chi connectivity index (χ2v) is 7.81. The van der Waals surface area contributed by atoms with Crippen LogP contribution in [0.5, 0.6) is 0 Å². The van der Waals surface area contributed by atoms with Gasteiger partial charge in [-0.25, -0.2) is 4.98 Å². The van der Waals surface area contributed by atoms with Crippen LogP contribution in [0.3, 0.4) is 0 Å². The molecular weight excluding hydrogens is 356 g/mol. The lowest BCUT2D eigenvalue weighted by molar-refractivity contribution is -0.137. The highest BCUT2D eigenvalue weighted by atomic mass is 32.1. The van der Waals surface area contributed by atoms with E-state index in [0.29, 0.717) is 13.0 Å². The van der Waals surface area contributed by atoms with Gasteiger partial charge in [-0.3, -0.25) is 4.79 Å². The van der Waals surface area contributed by atoms with Crippen molar-refractivity contribution < 1.29 is 9.90 Å². The highest BCUT2D eigenvalue weighted by Gasteiger charge is 2.13. The lowest BCUT2D eigenvalue weighted by atomic mass is 10.0. The van der Waals surface area contributed by atoms with Gasteiger partial charge in [-0.1, -0.05) is 60.2 Å². The Balaban J connectivity index is 1.62. The zero-order valence-corrected chi connectivity index (χ0v) is 16.2. The summed E-state index contributed by atoms with van der Waals surface area (Å²) in [6.07, 6.45) is 3.50. The van der Waals surface area contributed by atoms with Crippen LogP contribution >= 0.6 is 11.3 Å². The van der Waals surface area contributed by atoms with Gasteiger partial charge in [0.25, 0.3) is 0 Å². The van der Waals surface area contributed by atoms with Crippen LogP contribution in [0.2, 0.25) is 0 Å². The van der Waals surface area contributed by atoms with E-state index in [1.165, 1.54) is 11.1 Å². The number of aliphatic carboxylic acids is 1. The average Bonchev–Trinajstić information content (AvgIpc) is 3.14. The summed E-state index contributed by atoms with van der Waals surface area (Å²) in [5.74, 6) is -0.755. The van der Waals surface area contributed by atoms with Crippen molar-refractivity contribution in [1.29, 1.82) is 0 Å². The number of carboxylic acid groups (broad SMARTS) is 1. The van der Waals surface area contributed by atoms with Gasteiger partial charge < -0.3 is 10.4 Å². The maximum atomic E-state index is 11.0. The standard InChI is InChI=1S/C22H24N2O2S/c1-16-7-9-18(10-8-16)22-24-15-20(27-22)14-23-19(11-12-21(25)26)13-17-5-3-2-4-6-17/h2-10,15,19,23H,11-14H2,1H3,(H,25,26). The SMILES string of the molecule is Cc1ccc(-c2ncc(CNC(CCC(=O)O)Cc3ccccc3)s2)cc1. The van der Waals surface area contributed by atoms with Crippen LogP contribution < -0.4 is 5.32 Å². The lowest BCUT2D eigenvalue weighted by Crippen LogP contribution is -2.31. The summed E-state index contributed by atoms with van der Waals surface area (Å²) in [6, 6.07) is 18.7. The zero-order valence-electron chi connectivity index (χ0n) is 15.4. The lowest BCUT2D eigenvalue weighted by Gasteiger charge is -2.17. The third-order valence-corrected chi connectivity index (χ3v) is 5.50. The molecule has 140 valence electrons. The maximum absolute atomic E-state index is 11.0. The van der Waals surface area contributed by atoms with Crippen LogP contribution in [-0.4, -0.2) is 22.1 Å². The van der Waals surface area contributed by atoms with Crippen LogP contribution in [0.1, 0.15) is 28.8 Å². The highest BCUT2D eigenvalue weighted by molar-refractivity contribution is 7.15. The van der Waals surface area contributed by atoms with Crippen LogP contribution in [0, 0.1) is 6.92 Å². The van der Waals surface area contributed by atoms with Crippen molar-refractivity contribution in [3.63, 3.8) is 0 Å². The van der Waals surface area contributed by atoms with Gasteiger partial charge in [0.15, 0.2) is 0 Å². The fraction of sp³-hybridized carbons (Fsp3) is 0.273. The van der Waals surface area contributed by atoms with Crippen molar-refractivity contribution in [2.24, 2.45) is 0 Å². The summed E-state index contributed by atoms with van der Waals surface area (Å²) in [6.45, 7) is 2.77. The minimum atomic E-state index is -0.755. The highest BCUT2D eigenvalue weighted by Crippen LogP contribution is 2.25. The Morgan fingerprint density at radius 1 is 1.15 bits per heavy atom. The van der Waals surface area contributed by atoms with Crippen molar-refractivity contribution in [3.8, 4) is 10.6 Å². The molecule has 4 nitrogen and oxygen atoms in total. The Bertz CT molecular complexity index is 860. The number of carboxylic acids is 1. The number of nitrogens with zero attached hydrogens (tertiary/aromatic N) is 1. The zero-order chi connectivity index (χ0) is 19.1. The Kier molecular flexibility index (Phi) is 6.74. The fourth-order valence-corrected chi connectivity index (χ4v) is 3.80. The molecule has 2 N–H and O–H groups in total. The van der Waals surface area contributed by atoms with Crippen molar-refractivity contribution in [2.45, 2.75) is 38.8 Å². The summed E-state index contributed by atoms with van der Waals surface area (Å²) in [5.41, 5.74) is 3.58. The number of aryl methyl sites for hydroxylation is 1. The number of nitrogens with one attached hydrogen (secondary N) is 1. The van der Waals surface area contributed by atoms with E-state index in [0.717, 1.165) is 21.9 Å². The third-order valence-electron chi connectivity index (χ3n) is 4.45. The predicted octanol–water partition coefficient (Wildman–Crippen LogP) is 4.68. The molecule has 0 amide bonds. The average molecular weight is 381 g/mol. The molecule has 0 saturated heterocycles. The van der Waals surface area contributed by atoms with Crippen molar-refractivity contribution in [3.05, 3.63) is 76.8 Å².